The third kappa shape index (κ3) is 3.40. The second kappa shape index (κ2) is 6.58. The van der Waals surface area contributed by atoms with Gasteiger partial charge in [0, 0.05) is 0 Å². The minimum absolute atomic E-state index is 0.000517. The summed E-state index contributed by atoms with van der Waals surface area (Å²) in [6, 6.07) is 8.59. The fraction of sp³-hybridized carbons (Fsp3) is 0. The number of benzene rings is 1. The van der Waals surface area contributed by atoms with Crippen LogP contribution in [0.25, 0.3) is 6.08 Å². The summed E-state index contributed by atoms with van der Waals surface area (Å²) in [7, 11) is 0. The van der Waals surface area contributed by atoms with Crippen molar-refractivity contribution in [2.24, 2.45) is 0 Å². The van der Waals surface area contributed by atoms with Crippen molar-refractivity contribution in [3.8, 4) is 6.07 Å². The van der Waals surface area contributed by atoms with E-state index in [0.29, 0.717) is 10.7 Å². The molecule has 1 heterocycles. The predicted molar refractivity (Wildman–Crippen MR) is 83.0 cm³/mol. The molecule has 1 aromatic carbocycles. The molecule has 1 aromatic heterocycles. The fourth-order valence-electron chi connectivity index (χ4n) is 1.46. The maximum Gasteiger partial charge on any atom is 0.266 e. The van der Waals surface area contributed by atoms with Crippen molar-refractivity contribution >= 4 is 52.2 Å². The smallest absolute Gasteiger partial charge is 0.266 e. The zero-order valence-corrected chi connectivity index (χ0v) is 12.4. The Morgan fingerprint density at radius 1 is 1.35 bits per heavy atom. The Labute approximate surface area is 130 Å². The van der Waals surface area contributed by atoms with E-state index in [1.807, 2.05) is 22.9 Å². The third-order valence-electron chi connectivity index (χ3n) is 2.42. The van der Waals surface area contributed by atoms with Crippen LogP contribution in [0.2, 0.25) is 10.0 Å². The molecule has 20 heavy (non-hydrogen) atoms. The van der Waals surface area contributed by atoms with Gasteiger partial charge in [-0.05, 0) is 40.6 Å². The van der Waals surface area contributed by atoms with Crippen LogP contribution in [-0.2, 0) is 4.79 Å². The Morgan fingerprint density at radius 3 is 2.80 bits per heavy atom. The van der Waals surface area contributed by atoms with Crippen LogP contribution in [0.3, 0.4) is 0 Å². The van der Waals surface area contributed by atoms with Crippen LogP contribution in [0.1, 0.15) is 5.56 Å². The van der Waals surface area contributed by atoms with Gasteiger partial charge in [-0.2, -0.15) is 16.6 Å². The first-order valence-corrected chi connectivity index (χ1v) is 7.21. The molecule has 6 heteroatoms. The quantitative estimate of drug-likeness (QED) is 0.663. The zero-order chi connectivity index (χ0) is 14.5. The van der Waals surface area contributed by atoms with Gasteiger partial charge in [0.1, 0.15) is 11.6 Å². The Kier molecular flexibility index (Phi) is 4.80. The molecule has 0 saturated carbocycles. The lowest BCUT2D eigenvalue weighted by atomic mass is 10.2. The van der Waals surface area contributed by atoms with E-state index < -0.39 is 5.91 Å². The van der Waals surface area contributed by atoms with Gasteiger partial charge >= 0.3 is 0 Å². The van der Waals surface area contributed by atoms with Crippen LogP contribution < -0.4 is 5.32 Å². The Hall–Kier alpha value is -1.80. The molecule has 0 aliphatic carbocycles. The number of rotatable bonds is 3. The van der Waals surface area contributed by atoms with Crippen molar-refractivity contribution in [2.75, 3.05) is 5.32 Å². The summed E-state index contributed by atoms with van der Waals surface area (Å²) < 4.78 is 0. The summed E-state index contributed by atoms with van der Waals surface area (Å²) in [6.07, 6.45) is 1.52. The minimum atomic E-state index is -0.525. The molecular formula is C14H8Cl2N2OS. The van der Waals surface area contributed by atoms with Gasteiger partial charge in [0.05, 0.1) is 15.7 Å². The number of nitriles is 1. The highest BCUT2D eigenvalue weighted by Gasteiger charge is 2.12. The lowest BCUT2D eigenvalue weighted by Crippen LogP contribution is -2.13. The van der Waals surface area contributed by atoms with Gasteiger partial charge < -0.3 is 5.32 Å². The summed E-state index contributed by atoms with van der Waals surface area (Å²) in [6.45, 7) is 0. The second-order valence-corrected chi connectivity index (χ2v) is 5.35. The molecule has 3 nitrogen and oxygen atoms in total. The SMILES string of the molecule is N#C/C(=C\c1ccsc1)C(=O)Nc1cccc(Cl)c1Cl. The fourth-order valence-corrected chi connectivity index (χ4v) is 2.43. The molecule has 1 N–H and O–H groups in total. The first-order chi connectivity index (χ1) is 9.61. The van der Waals surface area contributed by atoms with E-state index in [2.05, 4.69) is 5.32 Å². The molecular weight excluding hydrogens is 315 g/mol. The van der Waals surface area contributed by atoms with Crippen molar-refractivity contribution in [3.63, 3.8) is 0 Å². The molecule has 0 saturated heterocycles. The number of carbonyl (C=O) groups is 1. The second-order valence-electron chi connectivity index (χ2n) is 3.78. The molecule has 0 spiro atoms. The minimum Gasteiger partial charge on any atom is -0.320 e. The summed E-state index contributed by atoms with van der Waals surface area (Å²) in [5.41, 5.74) is 1.17. The van der Waals surface area contributed by atoms with Crippen LogP contribution in [0, 0.1) is 11.3 Å². The van der Waals surface area contributed by atoms with Gasteiger partial charge in [0.25, 0.3) is 5.91 Å². The summed E-state index contributed by atoms with van der Waals surface area (Å²) >= 11 is 13.3. The third-order valence-corrected chi connectivity index (χ3v) is 3.94. The van der Waals surface area contributed by atoms with Crippen molar-refractivity contribution in [1.82, 2.24) is 0 Å². The van der Waals surface area contributed by atoms with E-state index >= 15 is 0 Å². The van der Waals surface area contributed by atoms with Gasteiger partial charge in [-0.1, -0.05) is 29.3 Å². The van der Waals surface area contributed by atoms with Gasteiger partial charge in [-0.3, -0.25) is 4.79 Å². The maximum atomic E-state index is 12.0. The van der Waals surface area contributed by atoms with Crippen LogP contribution >= 0.6 is 34.5 Å². The van der Waals surface area contributed by atoms with Crippen LogP contribution in [0.5, 0.6) is 0 Å². The first-order valence-electron chi connectivity index (χ1n) is 5.51. The van der Waals surface area contributed by atoms with Gasteiger partial charge in [-0.15, -0.1) is 0 Å². The largest absolute Gasteiger partial charge is 0.320 e. The summed E-state index contributed by atoms with van der Waals surface area (Å²) in [5.74, 6) is -0.525. The molecule has 0 bridgehead atoms. The number of nitrogens with one attached hydrogen (secondary N) is 1. The van der Waals surface area contributed by atoms with E-state index in [9.17, 15) is 4.79 Å². The first kappa shape index (κ1) is 14.6. The molecule has 0 aliphatic rings. The topological polar surface area (TPSA) is 52.9 Å². The Balaban J connectivity index is 2.23. The number of hydrogen-bond donors (Lipinski definition) is 1. The molecule has 2 aromatic rings. The molecule has 0 atom stereocenters. The van der Waals surface area contributed by atoms with E-state index in [-0.39, 0.29) is 10.6 Å². The number of nitrogens with zero attached hydrogens (tertiary/aromatic N) is 1. The van der Waals surface area contributed by atoms with Crippen molar-refractivity contribution < 1.29 is 4.79 Å². The monoisotopic (exact) mass is 322 g/mol. The molecule has 0 aliphatic heterocycles. The molecule has 0 radical (unpaired) electrons. The lowest BCUT2D eigenvalue weighted by molar-refractivity contribution is -0.112. The van der Waals surface area contributed by atoms with Gasteiger partial charge in [0.15, 0.2) is 0 Å². The molecule has 0 unspecified atom stereocenters. The number of amides is 1. The predicted octanol–water partition coefficient (Wildman–Crippen LogP) is 4.60. The highest BCUT2D eigenvalue weighted by atomic mass is 35.5. The lowest BCUT2D eigenvalue weighted by Gasteiger charge is -2.07. The standard InChI is InChI=1S/C14H8Cl2N2OS/c15-11-2-1-3-12(13(11)16)18-14(19)10(7-17)6-9-4-5-20-8-9/h1-6,8H,(H,18,19)/b10-6+. The van der Waals surface area contributed by atoms with Crippen LogP contribution in [0.4, 0.5) is 5.69 Å². The van der Waals surface area contributed by atoms with E-state index in [4.69, 9.17) is 28.5 Å². The Bertz CT molecular complexity index is 702. The zero-order valence-electron chi connectivity index (χ0n) is 10.1. The molecule has 100 valence electrons. The normalized spacial score (nSPS) is 10.9. The highest BCUT2D eigenvalue weighted by molar-refractivity contribution is 7.08. The van der Waals surface area contributed by atoms with Crippen molar-refractivity contribution in [2.45, 2.75) is 0 Å². The average Bonchev–Trinajstić information content (AvgIpc) is 2.94. The highest BCUT2D eigenvalue weighted by Crippen LogP contribution is 2.29. The van der Waals surface area contributed by atoms with E-state index in [1.54, 1.807) is 18.2 Å². The molecule has 1 amide bonds. The number of thiophene rings is 1. The van der Waals surface area contributed by atoms with E-state index in [1.165, 1.54) is 17.4 Å². The number of anilines is 1. The average molecular weight is 323 g/mol. The van der Waals surface area contributed by atoms with Crippen molar-refractivity contribution in [1.29, 1.82) is 5.26 Å². The number of carbonyl (C=O) groups excluding carboxylic acids is 1. The maximum absolute atomic E-state index is 12.0. The van der Waals surface area contributed by atoms with E-state index in [0.717, 1.165) is 5.56 Å². The molecule has 2 rings (SSSR count). The number of hydrogen-bond acceptors (Lipinski definition) is 3. The Morgan fingerprint density at radius 2 is 2.15 bits per heavy atom. The van der Waals surface area contributed by atoms with Crippen molar-refractivity contribution in [3.05, 3.63) is 56.2 Å². The van der Waals surface area contributed by atoms with Gasteiger partial charge in [-0.25, -0.2) is 0 Å². The van der Waals surface area contributed by atoms with Crippen LogP contribution in [-0.4, -0.2) is 5.91 Å². The van der Waals surface area contributed by atoms with Crippen LogP contribution in [0.15, 0.2) is 40.6 Å². The molecule has 0 fully saturated rings. The summed E-state index contributed by atoms with van der Waals surface area (Å²) in [4.78, 5) is 12.0. The number of halogens is 2. The summed E-state index contributed by atoms with van der Waals surface area (Å²) in [5, 5.41) is 15.9. The van der Waals surface area contributed by atoms with Gasteiger partial charge in [0.2, 0.25) is 0 Å².